The number of aliphatic hydroxyl groups is 1. The van der Waals surface area contributed by atoms with Gasteiger partial charge in [-0.1, -0.05) is 41.6 Å². The van der Waals surface area contributed by atoms with Gasteiger partial charge in [0.05, 0.1) is 11.7 Å². The first kappa shape index (κ1) is 24.3. The summed E-state index contributed by atoms with van der Waals surface area (Å²) in [5.41, 5.74) is 3.80. The second-order valence-electron chi connectivity index (χ2n) is 9.07. The maximum absolute atomic E-state index is 14.8. The highest BCUT2D eigenvalue weighted by Crippen LogP contribution is 2.35. The van der Waals surface area contributed by atoms with E-state index in [1.54, 1.807) is 6.07 Å². The third-order valence-corrected chi connectivity index (χ3v) is 7.13. The Morgan fingerprint density at radius 3 is 2.59 bits per heavy atom. The third kappa shape index (κ3) is 5.31. The van der Waals surface area contributed by atoms with Gasteiger partial charge in [-0.3, -0.25) is 4.98 Å². The van der Waals surface area contributed by atoms with Crippen LogP contribution < -0.4 is 4.72 Å². The molecule has 6 nitrogen and oxygen atoms in total. The molecule has 0 saturated carbocycles. The molecule has 2 N–H and O–H groups in total. The van der Waals surface area contributed by atoms with Crippen molar-refractivity contribution in [3.8, 4) is 11.3 Å². The van der Waals surface area contributed by atoms with Crippen molar-refractivity contribution in [1.29, 1.82) is 0 Å². The van der Waals surface area contributed by atoms with Gasteiger partial charge in [0.2, 0.25) is 0 Å². The first-order valence-corrected chi connectivity index (χ1v) is 12.3. The van der Waals surface area contributed by atoms with Crippen molar-refractivity contribution in [2.24, 2.45) is 0 Å². The number of benzene rings is 2. The van der Waals surface area contributed by atoms with E-state index in [0.717, 1.165) is 16.5 Å². The van der Waals surface area contributed by atoms with Crippen LogP contribution in [-0.4, -0.2) is 31.2 Å². The minimum Gasteiger partial charge on any atom is -0.598 e. The van der Waals surface area contributed by atoms with Gasteiger partial charge in [-0.05, 0) is 50.6 Å². The molecule has 2 atom stereocenters. The molecule has 0 radical (unpaired) electrons. The lowest BCUT2D eigenvalue weighted by atomic mass is 9.94. The minimum absolute atomic E-state index is 0.0736. The number of rotatable bonds is 8. The molecular weight excluding hydrogens is 453 g/mol. The Hall–Kier alpha value is -2.78. The van der Waals surface area contributed by atoms with Gasteiger partial charge >= 0.3 is 0 Å². The van der Waals surface area contributed by atoms with Gasteiger partial charge in [0.1, 0.15) is 16.3 Å². The quantitative estimate of drug-likeness (QED) is 0.348. The van der Waals surface area contributed by atoms with Gasteiger partial charge in [-0.15, -0.1) is 4.72 Å². The largest absolute Gasteiger partial charge is 0.598 e. The maximum atomic E-state index is 14.8. The molecule has 0 aliphatic rings. The molecule has 0 aliphatic heterocycles. The Morgan fingerprint density at radius 1 is 1.09 bits per heavy atom. The summed E-state index contributed by atoms with van der Waals surface area (Å²) in [5.74, 6) is -0.445. The number of para-hydroxylation sites is 1. The fourth-order valence-electron chi connectivity index (χ4n) is 3.74. The molecule has 2 aromatic carbocycles. The lowest BCUT2D eigenvalue weighted by Gasteiger charge is -2.29. The Kier molecular flexibility index (Phi) is 7.33. The molecule has 2 aromatic heterocycles. The minimum atomic E-state index is -1.42. The second kappa shape index (κ2) is 10.2. The van der Waals surface area contributed by atoms with Crippen molar-refractivity contribution in [1.82, 2.24) is 14.9 Å². The zero-order chi connectivity index (χ0) is 24.3. The number of fused-ring (bicyclic) bond motifs is 1. The Labute approximate surface area is 201 Å². The molecule has 2 heterocycles. The summed E-state index contributed by atoms with van der Waals surface area (Å²) in [6.07, 6.45) is 0.501. The summed E-state index contributed by atoms with van der Waals surface area (Å²) < 4.78 is 36.1. The Bertz CT molecular complexity index is 1270. The van der Waals surface area contributed by atoms with E-state index >= 15 is 0 Å². The normalized spacial score (nSPS) is 13.8. The number of halogens is 1. The fourth-order valence-corrected chi connectivity index (χ4v) is 4.56. The van der Waals surface area contributed by atoms with E-state index in [-0.39, 0.29) is 18.7 Å². The topological polar surface area (TPSA) is 94.2 Å². The van der Waals surface area contributed by atoms with E-state index in [4.69, 9.17) is 4.52 Å². The molecular formula is C26H28FN3O3S. The summed E-state index contributed by atoms with van der Waals surface area (Å²) in [7, 11) is 0. The SMILES string of the molecule is CC(C)(C)[S@+]([O-])NC(Cc1nc(CCO)ccc1F)c1ccccc1-c1noc2ccccc12. The summed E-state index contributed by atoms with van der Waals surface area (Å²) in [6, 6.07) is 17.7. The maximum Gasteiger partial charge on any atom is 0.167 e. The molecule has 4 aromatic rings. The van der Waals surface area contributed by atoms with Crippen LogP contribution in [0.15, 0.2) is 65.2 Å². The van der Waals surface area contributed by atoms with Crippen LogP contribution in [0, 0.1) is 5.82 Å². The van der Waals surface area contributed by atoms with Crippen LogP contribution >= 0.6 is 0 Å². The zero-order valence-electron chi connectivity index (χ0n) is 19.4. The predicted octanol–water partition coefficient (Wildman–Crippen LogP) is 4.90. The molecule has 34 heavy (non-hydrogen) atoms. The summed E-state index contributed by atoms with van der Waals surface area (Å²) in [4.78, 5) is 4.43. The lowest BCUT2D eigenvalue weighted by molar-refractivity contribution is 0.298. The van der Waals surface area contributed by atoms with Crippen LogP contribution in [0.2, 0.25) is 0 Å². The molecule has 0 fully saturated rings. The highest BCUT2D eigenvalue weighted by Gasteiger charge is 2.32. The van der Waals surface area contributed by atoms with E-state index in [1.807, 2.05) is 69.3 Å². The summed E-state index contributed by atoms with van der Waals surface area (Å²) in [6.45, 7) is 5.57. The van der Waals surface area contributed by atoms with E-state index in [0.29, 0.717) is 23.4 Å². The molecule has 1 unspecified atom stereocenters. The first-order valence-electron chi connectivity index (χ1n) is 11.1. The van der Waals surface area contributed by atoms with Gasteiger partial charge < -0.3 is 14.2 Å². The molecule has 0 amide bonds. The molecule has 0 spiro atoms. The van der Waals surface area contributed by atoms with Gasteiger partial charge in [0, 0.05) is 47.5 Å². The van der Waals surface area contributed by atoms with Gasteiger partial charge in [0.25, 0.3) is 0 Å². The van der Waals surface area contributed by atoms with Crippen LogP contribution in [0.1, 0.15) is 43.8 Å². The van der Waals surface area contributed by atoms with E-state index in [1.165, 1.54) is 6.07 Å². The van der Waals surface area contributed by atoms with Gasteiger partial charge in [-0.2, -0.15) is 0 Å². The fraction of sp³-hybridized carbons (Fsp3) is 0.308. The van der Waals surface area contributed by atoms with E-state index in [9.17, 15) is 14.0 Å². The smallest absolute Gasteiger partial charge is 0.167 e. The number of hydrogen-bond donors (Lipinski definition) is 2. The summed E-state index contributed by atoms with van der Waals surface area (Å²) >= 11 is -1.42. The Morgan fingerprint density at radius 2 is 1.82 bits per heavy atom. The van der Waals surface area contributed by atoms with Crippen molar-refractivity contribution in [2.75, 3.05) is 6.61 Å². The molecule has 0 aliphatic carbocycles. The van der Waals surface area contributed by atoms with Crippen LogP contribution in [0.25, 0.3) is 22.2 Å². The average Bonchev–Trinajstić information content (AvgIpc) is 3.24. The predicted molar refractivity (Wildman–Crippen MR) is 132 cm³/mol. The van der Waals surface area contributed by atoms with Crippen molar-refractivity contribution >= 4 is 22.3 Å². The average molecular weight is 482 g/mol. The van der Waals surface area contributed by atoms with Crippen LogP contribution in [0.3, 0.4) is 0 Å². The van der Waals surface area contributed by atoms with Crippen molar-refractivity contribution in [3.05, 3.63) is 83.4 Å². The highest BCUT2D eigenvalue weighted by atomic mass is 32.2. The van der Waals surface area contributed by atoms with E-state index in [2.05, 4.69) is 14.9 Å². The number of aromatic nitrogens is 2. The van der Waals surface area contributed by atoms with Crippen molar-refractivity contribution in [3.63, 3.8) is 0 Å². The van der Waals surface area contributed by atoms with Crippen LogP contribution in [0.5, 0.6) is 0 Å². The first-order chi connectivity index (χ1) is 16.3. The van der Waals surface area contributed by atoms with Crippen LogP contribution in [0.4, 0.5) is 4.39 Å². The number of aliphatic hydroxyl groups excluding tert-OH is 1. The highest BCUT2D eigenvalue weighted by molar-refractivity contribution is 7.90. The number of nitrogens with one attached hydrogen (secondary N) is 1. The standard InChI is InChI=1S/C26H28FN3O3S/c1-26(2,3)34(32)30-22(16-23-21(27)13-12-17(28-23)14-15-31)18-8-4-5-9-19(18)25-20-10-6-7-11-24(20)33-29-25/h4-13,22,30-31H,14-16H2,1-3H3/t22?,34-/m0/s1. The lowest BCUT2D eigenvalue weighted by Crippen LogP contribution is -2.42. The number of nitrogens with zero attached hydrogens (tertiary/aromatic N) is 2. The monoisotopic (exact) mass is 481 g/mol. The second-order valence-corrected chi connectivity index (χ2v) is 11.1. The van der Waals surface area contributed by atoms with Gasteiger partial charge in [0.15, 0.2) is 5.58 Å². The van der Waals surface area contributed by atoms with Crippen LogP contribution in [-0.2, 0) is 24.2 Å². The number of hydrogen-bond acceptors (Lipinski definition) is 6. The Balaban J connectivity index is 1.80. The summed E-state index contributed by atoms with van der Waals surface area (Å²) in [5, 5.41) is 14.4. The molecule has 0 bridgehead atoms. The zero-order valence-corrected chi connectivity index (χ0v) is 20.2. The molecule has 8 heteroatoms. The van der Waals surface area contributed by atoms with Crippen molar-refractivity contribution < 1.29 is 18.6 Å². The number of pyridine rings is 1. The van der Waals surface area contributed by atoms with Gasteiger partial charge in [-0.25, -0.2) is 4.39 Å². The van der Waals surface area contributed by atoms with Crippen molar-refractivity contribution in [2.45, 2.75) is 44.4 Å². The molecule has 178 valence electrons. The molecule has 0 saturated heterocycles. The van der Waals surface area contributed by atoms with E-state index < -0.39 is 28.0 Å². The molecule has 4 rings (SSSR count). The third-order valence-electron chi connectivity index (χ3n) is 5.52.